The maximum Gasteiger partial charge on any atom is 0.283 e. The number of rotatable bonds is 0. The Morgan fingerprint density at radius 1 is 1.22 bits per heavy atom. The van der Waals surface area contributed by atoms with Crippen molar-refractivity contribution in [2.45, 2.75) is 37.8 Å². The smallest absolute Gasteiger partial charge is 0.283 e. The second-order valence-electron chi connectivity index (χ2n) is 2.78. The van der Waals surface area contributed by atoms with Crippen molar-refractivity contribution in [3.05, 3.63) is 11.4 Å². The van der Waals surface area contributed by atoms with E-state index in [2.05, 4.69) is 4.85 Å². The largest absolute Gasteiger partial charge is 0.293 e. The van der Waals surface area contributed by atoms with Gasteiger partial charge in [-0.25, -0.2) is 6.57 Å². The first-order chi connectivity index (χ1) is 4.27. The van der Waals surface area contributed by atoms with E-state index in [1.807, 2.05) is 0 Å². The molecule has 0 bridgehead atoms. The highest BCUT2D eigenvalue weighted by Gasteiger charge is 2.32. The zero-order valence-corrected chi connectivity index (χ0v) is 5.56. The van der Waals surface area contributed by atoms with Crippen LogP contribution in [0, 0.1) is 6.57 Å². The lowest BCUT2D eigenvalue weighted by molar-refractivity contribution is 0.356. The van der Waals surface area contributed by atoms with Crippen molar-refractivity contribution in [3.63, 3.8) is 0 Å². The van der Waals surface area contributed by atoms with Gasteiger partial charge in [0.1, 0.15) is 0 Å². The van der Waals surface area contributed by atoms with Crippen LogP contribution >= 0.6 is 0 Å². The minimum Gasteiger partial charge on any atom is -0.293 e. The fourth-order valence-electron chi connectivity index (χ4n) is 1.28. The van der Waals surface area contributed by atoms with Crippen LogP contribution < -0.4 is 5.73 Å². The minimum atomic E-state index is -0.488. The molecule has 0 spiro atoms. The number of nitrogens with two attached hydrogens (primary N) is 1. The van der Waals surface area contributed by atoms with Gasteiger partial charge >= 0.3 is 0 Å². The fourth-order valence-corrected chi connectivity index (χ4v) is 1.28. The first-order valence-corrected chi connectivity index (χ1v) is 3.44. The van der Waals surface area contributed by atoms with E-state index in [0.29, 0.717) is 0 Å². The molecule has 1 aliphatic rings. The van der Waals surface area contributed by atoms with E-state index in [1.54, 1.807) is 0 Å². The van der Waals surface area contributed by atoms with Gasteiger partial charge in [-0.05, 0) is 12.8 Å². The third-order valence-corrected chi connectivity index (χ3v) is 1.94. The van der Waals surface area contributed by atoms with Gasteiger partial charge in [-0.3, -0.25) is 10.6 Å². The minimum absolute atomic E-state index is 0.488. The van der Waals surface area contributed by atoms with Crippen LogP contribution in [0.4, 0.5) is 0 Å². The summed E-state index contributed by atoms with van der Waals surface area (Å²) < 4.78 is 0. The Morgan fingerprint density at radius 2 is 1.78 bits per heavy atom. The van der Waals surface area contributed by atoms with Crippen molar-refractivity contribution >= 4 is 0 Å². The summed E-state index contributed by atoms with van der Waals surface area (Å²) in [6, 6.07) is 0. The van der Waals surface area contributed by atoms with Crippen molar-refractivity contribution in [1.82, 2.24) is 0 Å². The molecule has 1 fully saturated rings. The van der Waals surface area contributed by atoms with Crippen LogP contribution in [0.5, 0.6) is 0 Å². The maximum atomic E-state index is 6.79. The van der Waals surface area contributed by atoms with Gasteiger partial charge in [-0.15, -0.1) is 0 Å². The van der Waals surface area contributed by atoms with E-state index in [9.17, 15) is 0 Å². The van der Waals surface area contributed by atoms with Gasteiger partial charge in [-0.2, -0.15) is 0 Å². The van der Waals surface area contributed by atoms with Crippen LogP contribution in [-0.4, -0.2) is 5.66 Å². The zero-order chi connectivity index (χ0) is 6.74. The van der Waals surface area contributed by atoms with Crippen LogP contribution in [0.3, 0.4) is 0 Å². The summed E-state index contributed by atoms with van der Waals surface area (Å²) in [4.78, 5) is 3.41. The summed E-state index contributed by atoms with van der Waals surface area (Å²) in [7, 11) is 0. The Kier molecular flexibility index (Phi) is 1.73. The Bertz CT molecular complexity index is 128. The number of hydrogen-bond donors (Lipinski definition) is 1. The lowest BCUT2D eigenvalue weighted by Gasteiger charge is -2.20. The fraction of sp³-hybridized carbons (Fsp3) is 0.857. The summed E-state index contributed by atoms with van der Waals surface area (Å²) in [5, 5.41) is 0. The second-order valence-corrected chi connectivity index (χ2v) is 2.78. The average molecular weight is 124 g/mol. The highest BCUT2D eigenvalue weighted by Crippen LogP contribution is 2.26. The molecule has 0 aromatic carbocycles. The van der Waals surface area contributed by atoms with Crippen molar-refractivity contribution in [3.8, 4) is 0 Å². The molecular weight excluding hydrogens is 112 g/mol. The predicted octanol–water partition coefficient (Wildman–Crippen LogP) is 1.52. The summed E-state index contributed by atoms with van der Waals surface area (Å²) >= 11 is 0. The molecule has 2 nitrogen and oxygen atoms in total. The summed E-state index contributed by atoms with van der Waals surface area (Å²) in [5.74, 6) is 0. The van der Waals surface area contributed by atoms with Crippen molar-refractivity contribution in [1.29, 1.82) is 0 Å². The molecule has 0 unspecified atom stereocenters. The van der Waals surface area contributed by atoms with E-state index in [1.165, 1.54) is 6.42 Å². The van der Waals surface area contributed by atoms with Crippen LogP contribution in [0.2, 0.25) is 0 Å². The van der Waals surface area contributed by atoms with Gasteiger partial charge in [-0.1, -0.05) is 6.42 Å². The molecule has 0 atom stereocenters. The molecule has 2 N–H and O–H groups in total. The van der Waals surface area contributed by atoms with E-state index in [-0.39, 0.29) is 0 Å². The van der Waals surface area contributed by atoms with Crippen molar-refractivity contribution in [2.75, 3.05) is 0 Å². The molecule has 1 aliphatic carbocycles. The maximum absolute atomic E-state index is 6.79. The molecule has 9 heavy (non-hydrogen) atoms. The highest BCUT2D eigenvalue weighted by molar-refractivity contribution is 4.94. The standard InChI is InChI=1S/C7H12N2/c1-9-7(8)5-3-2-4-6-7/h2-6,8H2. The van der Waals surface area contributed by atoms with Gasteiger partial charge in [0.2, 0.25) is 0 Å². The molecule has 0 saturated heterocycles. The number of nitrogens with zero attached hydrogens (tertiary/aromatic N) is 1. The average Bonchev–Trinajstić information content (AvgIpc) is 1.90. The van der Waals surface area contributed by atoms with Gasteiger partial charge in [0.25, 0.3) is 5.66 Å². The normalized spacial score (nSPS) is 24.9. The molecule has 1 rings (SSSR count). The van der Waals surface area contributed by atoms with Gasteiger partial charge in [0.15, 0.2) is 0 Å². The van der Waals surface area contributed by atoms with Gasteiger partial charge in [0, 0.05) is 12.8 Å². The van der Waals surface area contributed by atoms with Gasteiger partial charge in [0.05, 0.1) is 0 Å². The van der Waals surface area contributed by atoms with E-state index in [4.69, 9.17) is 12.3 Å². The van der Waals surface area contributed by atoms with Crippen molar-refractivity contribution < 1.29 is 0 Å². The molecule has 0 aromatic heterocycles. The Balaban J connectivity index is 2.49. The quantitative estimate of drug-likeness (QED) is 0.488. The lowest BCUT2D eigenvalue weighted by Crippen LogP contribution is -2.37. The molecule has 0 radical (unpaired) electrons. The van der Waals surface area contributed by atoms with Crippen LogP contribution in [0.1, 0.15) is 32.1 Å². The molecule has 0 aromatic rings. The van der Waals surface area contributed by atoms with E-state index in [0.717, 1.165) is 25.7 Å². The number of hydrogen-bond acceptors (Lipinski definition) is 1. The summed E-state index contributed by atoms with van der Waals surface area (Å²) in [6.07, 6.45) is 5.33. The predicted molar refractivity (Wildman–Crippen MR) is 36.6 cm³/mol. The van der Waals surface area contributed by atoms with Crippen LogP contribution in [0.25, 0.3) is 4.85 Å². The summed E-state index contributed by atoms with van der Waals surface area (Å²) in [6.45, 7) is 6.79. The van der Waals surface area contributed by atoms with Crippen molar-refractivity contribution in [2.24, 2.45) is 5.73 Å². The van der Waals surface area contributed by atoms with E-state index < -0.39 is 5.66 Å². The highest BCUT2D eigenvalue weighted by atomic mass is 15.0. The molecule has 1 saturated carbocycles. The lowest BCUT2D eigenvalue weighted by atomic mass is 9.91. The van der Waals surface area contributed by atoms with Crippen LogP contribution in [0.15, 0.2) is 0 Å². The molecule has 0 heterocycles. The van der Waals surface area contributed by atoms with E-state index >= 15 is 0 Å². The van der Waals surface area contributed by atoms with Gasteiger partial charge < -0.3 is 0 Å². The Labute approximate surface area is 55.9 Å². The first-order valence-electron chi connectivity index (χ1n) is 3.44. The summed E-state index contributed by atoms with van der Waals surface area (Å²) in [5.41, 5.74) is 5.22. The molecule has 0 amide bonds. The third kappa shape index (κ3) is 1.43. The molecule has 2 heteroatoms. The SMILES string of the molecule is [C-]#[N+]C1(N)CCCCC1. The first kappa shape index (κ1) is 6.57. The Morgan fingerprint density at radius 3 is 2.11 bits per heavy atom. The Hall–Kier alpha value is -0.550. The molecule has 50 valence electrons. The molecular formula is C7H12N2. The topological polar surface area (TPSA) is 30.4 Å². The zero-order valence-electron chi connectivity index (χ0n) is 5.56. The molecule has 0 aliphatic heterocycles. The van der Waals surface area contributed by atoms with Crippen LogP contribution in [-0.2, 0) is 0 Å². The second kappa shape index (κ2) is 2.36. The third-order valence-electron chi connectivity index (χ3n) is 1.94. The monoisotopic (exact) mass is 124 g/mol.